The number of carbonyl (C=O) groups is 1. The molecule has 0 unspecified atom stereocenters. The van der Waals surface area contributed by atoms with E-state index < -0.39 is 0 Å². The van der Waals surface area contributed by atoms with Crippen molar-refractivity contribution < 1.29 is 9.18 Å². The van der Waals surface area contributed by atoms with Gasteiger partial charge in [0.1, 0.15) is 15.7 Å². The molecular formula is C17H15FN2OS2. The molecule has 3 nitrogen and oxygen atoms in total. The SMILES string of the molecule is Cc1ccc(CNC(=O)c2sc(-c3cccs3)nc2C)cc1F. The van der Waals surface area contributed by atoms with Gasteiger partial charge in [-0.3, -0.25) is 4.79 Å². The van der Waals surface area contributed by atoms with E-state index in [1.165, 1.54) is 17.4 Å². The van der Waals surface area contributed by atoms with Crippen LogP contribution < -0.4 is 5.32 Å². The Kier molecular flexibility index (Phi) is 4.54. The lowest BCUT2D eigenvalue weighted by Crippen LogP contribution is -2.22. The smallest absolute Gasteiger partial charge is 0.263 e. The molecule has 1 N–H and O–H groups in total. The number of benzene rings is 1. The van der Waals surface area contributed by atoms with Crippen molar-refractivity contribution in [1.82, 2.24) is 10.3 Å². The molecule has 0 saturated heterocycles. The highest BCUT2D eigenvalue weighted by molar-refractivity contribution is 7.22. The number of thiophene rings is 1. The van der Waals surface area contributed by atoms with E-state index in [2.05, 4.69) is 10.3 Å². The number of halogens is 1. The monoisotopic (exact) mass is 346 g/mol. The van der Waals surface area contributed by atoms with Crippen LogP contribution >= 0.6 is 22.7 Å². The van der Waals surface area contributed by atoms with Crippen molar-refractivity contribution >= 4 is 28.6 Å². The minimum atomic E-state index is -0.259. The first-order chi connectivity index (χ1) is 11.0. The molecular weight excluding hydrogens is 331 g/mol. The Bertz CT molecular complexity index is 840. The molecule has 0 spiro atoms. The van der Waals surface area contributed by atoms with Crippen molar-refractivity contribution in [2.75, 3.05) is 0 Å². The zero-order chi connectivity index (χ0) is 16.4. The highest BCUT2D eigenvalue weighted by atomic mass is 32.1. The summed E-state index contributed by atoms with van der Waals surface area (Å²) >= 11 is 2.98. The average Bonchev–Trinajstić information content (AvgIpc) is 3.17. The number of hydrogen-bond acceptors (Lipinski definition) is 4. The van der Waals surface area contributed by atoms with Crippen LogP contribution in [0.15, 0.2) is 35.7 Å². The van der Waals surface area contributed by atoms with E-state index in [1.54, 1.807) is 24.3 Å². The number of nitrogens with one attached hydrogen (secondary N) is 1. The average molecular weight is 346 g/mol. The van der Waals surface area contributed by atoms with Gasteiger partial charge in [-0.2, -0.15) is 0 Å². The van der Waals surface area contributed by atoms with Gasteiger partial charge in [0.15, 0.2) is 0 Å². The second kappa shape index (κ2) is 6.60. The number of nitrogens with zero attached hydrogens (tertiary/aromatic N) is 1. The van der Waals surface area contributed by atoms with Crippen LogP contribution in [0.4, 0.5) is 4.39 Å². The molecule has 0 aliphatic rings. The number of aromatic nitrogens is 1. The molecule has 0 aliphatic heterocycles. The van der Waals surface area contributed by atoms with Crippen molar-refractivity contribution in [3.05, 3.63) is 63.2 Å². The second-order valence-corrected chi connectivity index (χ2v) is 7.12. The van der Waals surface area contributed by atoms with Gasteiger partial charge in [0.2, 0.25) is 0 Å². The summed E-state index contributed by atoms with van der Waals surface area (Å²) in [5.41, 5.74) is 2.05. The summed E-state index contributed by atoms with van der Waals surface area (Å²) in [5, 5.41) is 5.66. The van der Waals surface area contributed by atoms with Crippen molar-refractivity contribution in [3.8, 4) is 9.88 Å². The van der Waals surface area contributed by atoms with Crippen LogP contribution in [-0.2, 0) is 6.54 Å². The Morgan fingerprint density at radius 1 is 1.30 bits per heavy atom. The van der Waals surface area contributed by atoms with E-state index in [4.69, 9.17) is 0 Å². The standard InChI is InChI=1S/C17H15FN2OS2/c1-10-5-6-12(8-13(10)18)9-19-16(21)15-11(2)20-17(23-15)14-4-3-7-22-14/h3-8H,9H2,1-2H3,(H,19,21). The predicted molar refractivity (Wildman–Crippen MR) is 92.5 cm³/mol. The van der Waals surface area contributed by atoms with E-state index in [1.807, 2.05) is 30.5 Å². The van der Waals surface area contributed by atoms with Gasteiger partial charge in [0, 0.05) is 6.54 Å². The molecule has 0 fully saturated rings. The van der Waals surface area contributed by atoms with Crippen LogP contribution in [0.25, 0.3) is 9.88 Å². The molecule has 0 radical (unpaired) electrons. The topological polar surface area (TPSA) is 42.0 Å². The zero-order valence-corrected chi connectivity index (χ0v) is 14.4. The van der Waals surface area contributed by atoms with Crippen LogP contribution in [0.2, 0.25) is 0 Å². The highest BCUT2D eigenvalue weighted by Gasteiger charge is 2.16. The first-order valence-electron chi connectivity index (χ1n) is 7.09. The Morgan fingerprint density at radius 3 is 2.83 bits per heavy atom. The van der Waals surface area contributed by atoms with Gasteiger partial charge < -0.3 is 5.32 Å². The third kappa shape index (κ3) is 3.48. The number of carbonyl (C=O) groups excluding carboxylic acids is 1. The largest absolute Gasteiger partial charge is 0.347 e. The molecule has 2 aromatic heterocycles. The fraction of sp³-hybridized carbons (Fsp3) is 0.176. The number of rotatable bonds is 4. The number of amides is 1. The maximum Gasteiger partial charge on any atom is 0.263 e. The van der Waals surface area contributed by atoms with Crippen LogP contribution in [0, 0.1) is 19.7 Å². The summed E-state index contributed by atoms with van der Waals surface area (Å²) in [6, 6.07) is 8.92. The van der Waals surface area contributed by atoms with Crippen LogP contribution in [-0.4, -0.2) is 10.9 Å². The predicted octanol–water partition coefficient (Wildman–Crippen LogP) is 4.56. The van der Waals surface area contributed by atoms with Crippen LogP contribution in [0.3, 0.4) is 0 Å². The number of aryl methyl sites for hydroxylation is 2. The van der Waals surface area contributed by atoms with Gasteiger partial charge in [-0.1, -0.05) is 18.2 Å². The Morgan fingerprint density at radius 2 is 2.13 bits per heavy atom. The van der Waals surface area contributed by atoms with Crippen LogP contribution in [0.5, 0.6) is 0 Å². The van der Waals surface area contributed by atoms with Crippen molar-refractivity contribution in [2.45, 2.75) is 20.4 Å². The van der Waals surface area contributed by atoms with E-state index in [0.717, 1.165) is 15.4 Å². The van der Waals surface area contributed by atoms with Gasteiger partial charge in [0.25, 0.3) is 5.91 Å². The molecule has 6 heteroatoms. The molecule has 3 rings (SSSR count). The third-order valence-corrected chi connectivity index (χ3v) is 5.62. The fourth-order valence-corrected chi connectivity index (χ4v) is 3.90. The number of hydrogen-bond donors (Lipinski definition) is 1. The Labute approximate surface area is 141 Å². The lowest BCUT2D eigenvalue weighted by Gasteiger charge is -2.05. The molecule has 2 heterocycles. The van der Waals surface area contributed by atoms with Gasteiger partial charge in [-0.05, 0) is 42.5 Å². The molecule has 1 amide bonds. The molecule has 0 aliphatic carbocycles. The van der Waals surface area contributed by atoms with Crippen molar-refractivity contribution in [1.29, 1.82) is 0 Å². The summed E-state index contributed by atoms with van der Waals surface area (Å²) in [4.78, 5) is 18.5. The molecule has 118 valence electrons. The summed E-state index contributed by atoms with van der Waals surface area (Å²) in [5.74, 6) is -0.436. The first-order valence-corrected chi connectivity index (χ1v) is 8.79. The molecule has 1 aromatic carbocycles. The lowest BCUT2D eigenvalue weighted by molar-refractivity contribution is 0.0954. The minimum absolute atomic E-state index is 0.177. The van der Waals surface area contributed by atoms with E-state index >= 15 is 0 Å². The Balaban J connectivity index is 1.72. The molecule has 0 saturated carbocycles. The third-order valence-electron chi connectivity index (χ3n) is 3.42. The van der Waals surface area contributed by atoms with Gasteiger partial charge in [-0.25, -0.2) is 9.37 Å². The molecule has 0 bridgehead atoms. The van der Waals surface area contributed by atoms with Gasteiger partial charge >= 0.3 is 0 Å². The quantitative estimate of drug-likeness (QED) is 0.752. The van der Waals surface area contributed by atoms with Crippen molar-refractivity contribution in [3.63, 3.8) is 0 Å². The molecule has 3 aromatic rings. The maximum absolute atomic E-state index is 13.5. The molecule has 0 atom stereocenters. The van der Waals surface area contributed by atoms with E-state index in [9.17, 15) is 9.18 Å². The lowest BCUT2D eigenvalue weighted by atomic mass is 10.1. The summed E-state index contributed by atoms with van der Waals surface area (Å²) in [6.45, 7) is 3.83. The molecule has 23 heavy (non-hydrogen) atoms. The van der Waals surface area contributed by atoms with Gasteiger partial charge in [0.05, 0.1) is 10.6 Å². The fourth-order valence-electron chi connectivity index (χ4n) is 2.12. The second-order valence-electron chi connectivity index (χ2n) is 5.18. The maximum atomic E-state index is 13.5. The first kappa shape index (κ1) is 15.8. The van der Waals surface area contributed by atoms with Gasteiger partial charge in [-0.15, -0.1) is 22.7 Å². The van der Waals surface area contributed by atoms with E-state index in [0.29, 0.717) is 22.7 Å². The normalized spacial score (nSPS) is 10.7. The summed E-state index contributed by atoms with van der Waals surface area (Å²) in [6.07, 6.45) is 0. The van der Waals surface area contributed by atoms with Crippen LogP contribution in [0.1, 0.15) is 26.5 Å². The van der Waals surface area contributed by atoms with Crippen molar-refractivity contribution in [2.24, 2.45) is 0 Å². The summed E-state index contributed by atoms with van der Waals surface area (Å²) in [7, 11) is 0. The van der Waals surface area contributed by atoms with E-state index in [-0.39, 0.29) is 11.7 Å². The summed E-state index contributed by atoms with van der Waals surface area (Å²) < 4.78 is 13.5. The Hall–Kier alpha value is -2.05. The minimum Gasteiger partial charge on any atom is -0.347 e. The highest BCUT2D eigenvalue weighted by Crippen LogP contribution is 2.31. The zero-order valence-electron chi connectivity index (χ0n) is 12.7. The number of thiazole rings is 1.